The van der Waals surface area contributed by atoms with Gasteiger partial charge in [-0.25, -0.2) is 8.42 Å². The summed E-state index contributed by atoms with van der Waals surface area (Å²) in [6.45, 7) is 0. The van der Waals surface area contributed by atoms with Crippen LogP contribution in [0.4, 0.5) is 13.2 Å². The highest BCUT2D eigenvalue weighted by atomic mass is 35.5. The van der Waals surface area contributed by atoms with Crippen molar-refractivity contribution in [1.29, 1.82) is 0 Å². The molecule has 124 valence electrons. The Morgan fingerprint density at radius 1 is 1.32 bits per heavy atom. The lowest BCUT2D eigenvalue weighted by Gasteiger charge is -2.20. The number of rotatable bonds is 5. The van der Waals surface area contributed by atoms with E-state index < -0.39 is 50.3 Å². The minimum absolute atomic E-state index is 0.245. The van der Waals surface area contributed by atoms with E-state index in [1.54, 1.807) is 0 Å². The molecule has 1 aromatic rings. The average Bonchev–Trinajstić information content (AvgIpc) is 2.30. The summed E-state index contributed by atoms with van der Waals surface area (Å²) in [7, 11) is -4.92. The number of benzene rings is 1. The molecule has 1 atom stereocenters. The fourth-order valence-corrected chi connectivity index (χ4v) is 3.38. The van der Waals surface area contributed by atoms with Crippen molar-refractivity contribution in [3.63, 3.8) is 0 Å². The van der Waals surface area contributed by atoms with E-state index in [2.05, 4.69) is 0 Å². The smallest absolute Gasteiger partial charge is 0.405 e. The molecule has 0 bridgehead atoms. The zero-order valence-corrected chi connectivity index (χ0v) is 12.7. The number of carbonyl (C=O) groups is 1. The van der Waals surface area contributed by atoms with Crippen LogP contribution in [0.2, 0.25) is 10.0 Å². The molecule has 1 rings (SSSR count). The Hall–Kier alpha value is -1.23. The molecular weight excluding hydrogens is 374 g/mol. The number of aromatic hydroxyl groups is 1. The summed E-state index contributed by atoms with van der Waals surface area (Å²) in [5.74, 6) is -2.87. The Morgan fingerprint density at radius 3 is 2.32 bits per heavy atom. The van der Waals surface area contributed by atoms with E-state index >= 15 is 0 Å². The standard InChI is InChI=1S/C10H8Cl2F3NO5S/c11-4-1-5(12)9(19)6(2-4)22(20,21)16-7(3-8(17)18)10(13,14)15/h1-2,7,16,19H,3H2,(H,17,18)/t7-/m1/s1. The van der Waals surface area contributed by atoms with Gasteiger partial charge in [0.1, 0.15) is 10.9 Å². The van der Waals surface area contributed by atoms with E-state index in [1.165, 1.54) is 4.72 Å². The fourth-order valence-electron chi connectivity index (χ4n) is 1.40. The lowest BCUT2D eigenvalue weighted by Crippen LogP contribution is -2.46. The van der Waals surface area contributed by atoms with Gasteiger partial charge in [-0.05, 0) is 12.1 Å². The van der Waals surface area contributed by atoms with Crippen molar-refractivity contribution < 1.29 is 36.6 Å². The van der Waals surface area contributed by atoms with Crippen LogP contribution < -0.4 is 4.72 Å². The number of alkyl halides is 3. The normalized spacial score (nSPS) is 13.9. The van der Waals surface area contributed by atoms with Crippen LogP contribution in [0.25, 0.3) is 0 Å². The summed E-state index contributed by atoms with van der Waals surface area (Å²) in [5, 5.41) is 17.2. The summed E-state index contributed by atoms with van der Waals surface area (Å²) in [4.78, 5) is 9.43. The Balaban J connectivity index is 3.27. The van der Waals surface area contributed by atoms with Gasteiger partial charge in [-0.2, -0.15) is 17.9 Å². The minimum Gasteiger partial charge on any atom is -0.505 e. The van der Waals surface area contributed by atoms with Crippen molar-refractivity contribution in [1.82, 2.24) is 4.72 Å². The first-order valence-corrected chi connectivity index (χ1v) is 7.57. The van der Waals surface area contributed by atoms with Gasteiger partial charge in [-0.1, -0.05) is 23.2 Å². The van der Waals surface area contributed by atoms with Crippen LogP contribution in [0, 0.1) is 0 Å². The number of hydrogen-bond donors (Lipinski definition) is 3. The van der Waals surface area contributed by atoms with Gasteiger partial charge in [0, 0.05) is 5.02 Å². The third-order valence-corrected chi connectivity index (χ3v) is 4.35. The predicted octanol–water partition coefficient (Wildman–Crippen LogP) is 2.38. The Bertz CT molecular complexity index is 693. The third-order valence-electron chi connectivity index (χ3n) is 2.35. The van der Waals surface area contributed by atoms with Gasteiger partial charge in [0.15, 0.2) is 5.75 Å². The summed E-state index contributed by atoms with van der Waals surface area (Å²) in [6, 6.07) is -1.22. The van der Waals surface area contributed by atoms with Gasteiger partial charge in [0.25, 0.3) is 0 Å². The highest BCUT2D eigenvalue weighted by Gasteiger charge is 2.44. The number of carboxylic acid groups (broad SMARTS) is 1. The van der Waals surface area contributed by atoms with Crippen LogP contribution in [0.3, 0.4) is 0 Å². The molecule has 0 aliphatic carbocycles. The molecule has 0 unspecified atom stereocenters. The highest BCUT2D eigenvalue weighted by molar-refractivity contribution is 7.89. The molecule has 1 aromatic carbocycles. The van der Waals surface area contributed by atoms with E-state index in [-0.39, 0.29) is 5.02 Å². The van der Waals surface area contributed by atoms with E-state index in [0.29, 0.717) is 6.07 Å². The number of phenols is 1. The first-order chi connectivity index (χ1) is 9.84. The van der Waals surface area contributed by atoms with Crippen LogP contribution in [0.1, 0.15) is 6.42 Å². The average molecular weight is 382 g/mol. The third kappa shape index (κ3) is 4.63. The van der Waals surface area contributed by atoms with E-state index in [1.807, 2.05) is 0 Å². The number of halogens is 5. The number of phenolic OH excluding ortho intramolecular Hbond substituents is 1. The quantitative estimate of drug-likeness (QED) is 0.726. The number of aliphatic carboxylic acids is 1. The summed E-state index contributed by atoms with van der Waals surface area (Å²) >= 11 is 11.0. The fraction of sp³-hybridized carbons (Fsp3) is 0.300. The van der Waals surface area contributed by atoms with Gasteiger partial charge in [-0.15, -0.1) is 0 Å². The molecule has 0 saturated carbocycles. The summed E-state index contributed by atoms with van der Waals surface area (Å²) in [5.41, 5.74) is 0. The van der Waals surface area contributed by atoms with Gasteiger partial charge < -0.3 is 10.2 Å². The van der Waals surface area contributed by atoms with Gasteiger partial charge >= 0.3 is 12.1 Å². The molecular formula is C10H8Cl2F3NO5S. The highest BCUT2D eigenvalue weighted by Crippen LogP contribution is 2.35. The van der Waals surface area contributed by atoms with Crippen molar-refractivity contribution in [3.8, 4) is 5.75 Å². The summed E-state index contributed by atoms with van der Waals surface area (Å²) in [6.07, 6.45) is -6.68. The molecule has 0 radical (unpaired) electrons. The second kappa shape index (κ2) is 6.49. The van der Waals surface area contributed by atoms with Crippen LogP contribution in [-0.4, -0.2) is 36.8 Å². The maximum Gasteiger partial charge on any atom is 0.405 e. The molecule has 0 aromatic heterocycles. The van der Waals surface area contributed by atoms with Crippen molar-refractivity contribution in [2.24, 2.45) is 0 Å². The predicted molar refractivity (Wildman–Crippen MR) is 70.5 cm³/mol. The second-order valence-electron chi connectivity index (χ2n) is 4.05. The number of carboxylic acids is 1. The zero-order chi connectivity index (χ0) is 17.3. The monoisotopic (exact) mass is 381 g/mol. The Kier molecular flexibility index (Phi) is 5.55. The number of sulfonamides is 1. The molecule has 0 aliphatic heterocycles. The molecule has 3 N–H and O–H groups in total. The molecule has 0 heterocycles. The Morgan fingerprint density at radius 2 is 1.86 bits per heavy atom. The summed E-state index contributed by atoms with van der Waals surface area (Å²) < 4.78 is 63.0. The van der Waals surface area contributed by atoms with E-state index in [0.717, 1.165) is 6.07 Å². The van der Waals surface area contributed by atoms with Gasteiger partial charge in [0.05, 0.1) is 11.4 Å². The molecule has 0 spiro atoms. The lowest BCUT2D eigenvalue weighted by atomic mass is 10.2. The number of hydrogen-bond acceptors (Lipinski definition) is 4. The van der Waals surface area contributed by atoms with Crippen LogP contribution in [0.15, 0.2) is 17.0 Å². The minimum atomic E-state index is -5.15. The first-order valence-electron chi connectivity index (χ1n) is 5.33. The molecule has 0 fully saturated rings. The maximum absolute atomic E-state index is 12.7. The van der Waals surface area contributed by atoms with Crippen molar-refractivity contribution in [2.45, 2.75) is 23.5 Å². The van der Waals surface area contributed by atoms with Crippen molar-refractivity contribution in [2.75, 3.05) is 0 Å². The van der Waals surface area contributed by atoms with Gasteiger partial charge in [-0.3, -0.25) is 4.79 Å². The Labute approximate surface area is 132 Å². The van der Waals surface area contributed by atoms with E-state index in [9.17, 15) is 31.5 Å². The van der Waals surface area contributed by atoms with Crippen molar-refractivity contribution >= 4 is 39.2 Å². The van der Waals surface area contributed by atoms with Gasteiger partial charge in [0.2, 0.25) is 10.0 Å². The maximum atomic E-state index is 12.7. The molecule has 0 amide bonds. The SMILES string of the molecule is O=C(O)C[C@@H](NS(=O)(=O)c1cc(Cl)cc(Cl)c1O)C(F)(F)F. The first kappa shape index (κ1) is 18.8. The molecule has 6 nitrogen and oxygen atoms in total. The zero-order valence-electron chi connectivity index (χ0n) is 10.4. The van der Waals surface area contributed by atoms with Crippen LogP contribution in [0.5, 0.6) is 5.75 Å². The molecule has 12 heteroatoms. The van der Waals surface area contributed by atoms with Crippen LogP contribution >= 0.6 is 23.2 Å². The second-order valence-corrected chi connectivity index (χ2v) is 6.57. The van der Waals surface area contributed by atoms with Crippen molar-refractivity contribution in [3.05, 3.63) is 22.2 Å². The van der Waals surface area contributed by atoms with E-state index in [4.69, 9.17) is 28.3 Å². The largest absolute Gasteiger partial charge is 0.505 e. The molecule has 22 heavy (non-hydrogen) atoms. The van der Waals surface area contributed by atoms with Crippen LogP contribution in [-0.2, 0) is 14.8 Å². The molecule has 0 aliphatic rings. The lowest BCUT2D eigenvalue weighted by molar-refractivity contribution is -0.163. The molecule has 0 saturated heterocycles. The number of nitrogens with one attached hydrogen (secondary N) is 1. The topological polar surface area (TPSA) is 104 Å².